The van der Waals surface area contributed by atoms with Crippen LogP contribution >= 0.6 is 0 Å². The van der Waals surface area contributed by atoms with Crippen molar-refractivity contribution in [2.75, 3.05) is 44.7 Å². The summed E-state index contributed by atoms with van der Waals surface area (Å²) in [6, 6.07) is 16.8. The lowest BCUT2D eigenvalue weighted by atomic mass is 10.1. The van der Waals surface area contributed by atoms with Crippen molar-refractivity contribution in [2.24, 2.45) is 0 Å². The molecule has 0 saturated carbocycles. The molecule has 0 amide bonds. The third-order valence-electron chi connectivity index (χ3n) is 7.61. The first-order valence-electron chi connectivity index (χ1n) is 14.4. The summed E-state index contributed by atoms with van der Waals surface area (Å²) in [5.74, 6) is 2.36. The fourth-order valence-electron chi connectivity index (χ4n) is 5.12. The molecule has 39 heavy (non-hydrogen) atoms. The number of nitrogens with zero attached hydrogens (tertiary/aromatic N) is 4. The minimum absolute atomic E-state index is 0.438. The number of fused-ring (bicyclic) bond motifs is 7. The van der Waals surface area contributed by atoms with Crippen molar-refractivity contribution < 1.29 is 9.47 Å². The number of nitrogens with one attached hydrogen (secondary N) is 1. The van der Waals surface area contributed by atoms with E-state index < -0.39 is 0 Å². The molecule has 3 heterocycles. The van der Waals surface area contributed by atoms with Crippen LogP contribution in [0.15, 0.2) is 66.9 Å². The topological polar surface area (TPSA) is 62.8 Å². The maximum Gasteiger partial charge on any atom is 0.227 e. The quantitative estimate of drug-likeness (QED) is 0.377. The van der Waals surface area contributed by atoms with Gasteiger partial charge in [0.25, 0.3) is 0 Å². The zero-order valence-electron chi connectivity index (χ0n) is 23.3. The van der Waals surface area contributed by atoms with Gasteiger partial charge in [-0.2, -0.15) is 0 Å². The smallest absolute Gasteiger partial charge is 0.227 e. The van der Waals surface area contributed by atoms with Crippen molar-refractivity contribution >= 4 is 11.6 Å². The normalized spacial score (nSPS) is 18.3. The Morgan fingerprint density at radius 3 is 2.85 bits per heavy atom. The minimum Gasteiger partial charge on any atom is -0.493 e. The van der Waals surface area contributed by atoms with Crippen LogP contribution in [0.2, 0.25) is 0 Å². The molecule has 1 atom stereocenters. The van der Waals surface area contributed by atoms with E-state index in [0.717, 1.165) is 60.9 Å². The molecule has 2 aliphatic heterocycles. The molecule has 2 aliphatic rings. The third kappa shape index (κ3) is 7.58. The molecular formula is C32H41N5O2. The number of hydrogen-bond donors (Lipinski definition) is 1. The molecule has 1 unspecified atom stereocenters. The van der Waals surface area contributed by atoms with Gasteiger partial charge in [0, 0.05) is 48.7 Å². The van der Waals surface area contributed by atoms with Gasteiger partial charge in [-0.3, -0.25) is 9.80 Å². The van der Waals surface area contributed by atoms with Crippen molar-refractivity contribution in [2.45, 2.75) is 52.1 Å². The molecule has 0 radical (unpaired) electrons. The summed E-state index contributed by atoms with van der Waals surface area (Å²) in [5.41, 5.74) is 3.97. The molecule has 0 aliphatic carbocycles. The highest BCUT2D eigenvalue weighted by Crippen LogP contribution is 2.28. The van der Waals surface area contributed by atoms with Crippen LogP contribution in [0.5, 0.6) is 11.5 Å². The van der Waals surface area contributed by atoms with Gasteiger partial charge < -0.3 is 14.8 Å². The largest absolute Gasteiger partial charge is 0.493 e. The number of aromatic nitrogens is 2. The monoisotopic (exact) mass is 527 g/mol. The molecular weight excluding hydrogens is 486 g/mol. The molecule has 2 aromatic carbocycles. The lowest BCUT2D eigenvalue weighted by Gasteiger charge is -2.28. The van der Waals surface area contributed by atoms with Gasteiger partial charge in [-0.25, -0.2) is 9.97 Å². The van der Waals surface area contributed by atoms with Crippen LogP contribution in [0.3, 0.4) is 0 Å². The van der Waals surface area contributed by atoms with Gasteiger partial charge in [-0.05, 0) is 82.1 Å². The zero-order chi connectivity index (χ0) is 26.9. The molecule has 1 N–H and O–H groups in total. The Bertz CT molecular complexity index is 1240. The molecule has 1 fully saturated rings. The van der Waals surface area contributed by atoms with Gasteiger partial charge in [0.1, 0.15) is 18.1 Å². The average molecular weight is 528 g/mol. The predicted molar refractivity (Wildman–Crippen MR) is 158 cm³/mol. The molecule has 7 heteroatoms. The summed E-state index contributed by atoms with van der Waals surface area (Å²) in [6.07, 6.45) is 10.8. The maximum atomic E-state index is 6.38. The standard InChI is InChI=1S/C32H41N5O2/c1-3-25(2)37-18-5-4-8-20-38-29-11-9-10-26(23-29)30-14-15-33-32(35-30)34-28-12-13-31(27(22-28)24-37)39-21-19-36-16-6-7-17-36/h4-5,9-15,22-23,25H,3,6-8,16-21,24H2,1-2H3,(H,33,34,35)/b5-4+. The Hall–Kier alpha value is -3.42. The molecule has 206 valence electrons. The van der Waals surface area contributed by atoms with Crippen molar-refractivity contribution in [3.05, 3.63) is 72.4 Å². The van der Waals surface area contributed by atoms with Crippen molar-refractivity contribution in [3.63, 3.8) is 0 Å². The summed E-state index contributed by atoms with van der Waals surface area (Å²) in [4.78, 5) is 14.3. The Labute approximate surface area is 232 Å². The number of hydrogen-bond acceptors (Lipinski definition) is 7. The fourth-order valence-corrected chi connectivity index (χ4v) is 5.12. The molecule has 7 nitrogen and oxygen atoms in total. The highest BCUT2D eigenvalue weighted by Gasteiger charge is 2.17. The molecule has 6 bridgehead atoms. The van der Waals surface area contributed by atoms with Crippen molar-refractivity contribution in [1.29, 1.82) is 0 Å². The Balaban J connectivity index is 1.44. The second kappa shape index (κ2) is 13.6. The van der Waals surface area contributed by atoms with Crippen LogP contribution < -0.4 is 14.8 Å². The summed E-state index contributed by atoms with van der Waals surface area (Å²) in [7, 11) is 0. The van der Waals surface area contributed by atoms with Crippen molar-refractivity contribution in [3.8, 4) is 22.8 Å². The zero-order valence-corrected chi connectivity index (χ0v) is 23.3. The predicted octanol–water partition coefficient (Wildman–Crippen LogP) is 6.30. The Kier molecular flexibility index (Phi) is 9.46. The maximum absolute atomic E-state index is 6.38. The number of anilines is 2. The van der Waals surface area contributed by atoms with E-state index >= 15 is 0 Å². The number of benzene rings is 2. The van der Waals surface area contributed by atoms with Crippen LogP contribution in [-0.2, 0) is 6.54 Å². The molecule has 0 spiro atoms. The van der Waals surface area contributed by atoms with E-state index in [1.165, 1.54) is 31.5 Å². The van der Waals surface area contributed by atoms with Crippen LogP contribution in [0.4, 0.5) is 11.6 Å². The van der Waals surface area contributed by atoms with E-state index in [0.29, 0.717) is 25.2 Å². The van der Waals surface area contributed by atoms with Crippen LogP contribution in [0.25, 0.3) is 11.3 Å². The van der Waals surface area contributed by atoms with E-state index in [2.05, 4.69) is 64.3 Å². The lowest BCUT2D eigenvalue weighted by Crippen LogP contribution is -2.32. The Morgan fingerprint density at radius 1 is 1.08 bits per heavy atom. The highest BCUT2D eigenvalue weighted by atomic mass is 16.5. The van der Waals surface area contributed by atoms with E-state index in [9.17, 15) is 0 Å². The molecule has 3 aromatic rings. The summed E-state index contributed by atoms with van der Waals surface area (Å²) < 4.78 is 12.4. The Morgan fingerprint density at radius 2 is 1.97 bits per heavy atom. The van der Waals surface area contributed by atoms with Gasteiger partial charge in [0.15, 0.2) is 0 Å². The fraction of sp³-hybridized carbons (Fsp3) is 0.438. The molecule has 5 rings (SSSR count). The van der Waals surface area contributed by atoms with Crippen molar-refractivity contribution in [1.82, 2.24) is 19.8 Å². The summed E-state index contributed by atoms with van der Waals surface area (Å²) in [5, 5.41) is 3.43. The van der Waals surface area contributed by atoms with Gasteiger partial charge in [0.05, 0.1) is 12.3 Å². The first-order valence-corrected chi connectivity index (χ1v) is 14.4. The molecule has 1 aromatic heterocycles. The average Bonchev–Trinajstić information content (AvgIpc) is 3.48. The van der Waals surface area contributed by atoms with Gasteiger partial charge >= 0.3 is 0 Å². The molecule has 1 saturated heterocycles. The lowest BCUT2D eigenvalue weighted by molar-refractivity contribution is 0.206. The second-order valence-electron chi connectivity index (χ2n) is 10.4. The second-order valence-corrected chi connectivity index (χ2v) is 10.4. The number of ether oxygens (including phenoxy) is 2. The van der Waals surface area contributed by atoms with E-state index in [4.69, 9.17) is 14.5 Å². The SMILES string of the molecule is CCC(C)N1C/C=C/CCOc2cccc(c2)-c2ccnc(n2)Nc2ccc(OCCN3CCCC3)c(c2)C1. The van der Waals surface area contributed by atoms with E-state index in [-0.39, 0.29) is 0 Å². The van der Waals surface area contributed by atoms with Crippen LogP contribution in [0, 0.1) is 0 Å². The van der Waals surface area contributed by atoms with E-state index in [1.807, 2.05) is 30.3 Å². The summed E-state index contributed by atoms with van der Waals surface area (Å²) in [6.45, 7) is 10.9. The highest BCUT2D eigenvalue weighted by molar-refractivity contribution is 5.64. The number of likely N-dealkylation sites (tertiary alicyclic amines) is 1. The summed E-state index contributed by atoms with van der Waals surface area (Å²) >= 11 is 0. The van der Waals surface area contributed by atoms with Crippen LogP contribution in [-0.4, -0.2) is 65.2 Å². The first-order chi connectivity index (χ1) is 19.2. The first kappa shape index (κ1) is 27.2. The number of rotatable bonds is 6. The van der Waals surface area contributed by atoms with Crippen LogP contribution in [0.1, 0.15) is 45.1 Å². The van der Waals surface area contributed by atoms with E-state index in [1.54, 1.807) is 6.20 Å². The van der Waals surface area contributed by atoms with Gasteiger partial charge in [0.2, 0.25) is 5.95 Å². The van der Waals surface area contributed by atoms with Gasteiger partial charge in [-0.15, -0.1) is 0 Å². The minimum atomic E-state index is 0.438. The third-order valence-corrected chi connectivity index (χ3v) is 7.61. The van der Waals surface area contributed by atoms with Gasteiger partial charge in [-0.1, -0.05) is 31.2 Å².